The molecule has 0 aromatic heterocycles. The van der Waals surface area contributed by atoms with Crippen LogP contribution in [0, 0.1) is 29.1 Å². The molecule has 1 saturated heterocycles. The number of likely N-dealkylation sites (tertiary alicyclic amines) is 1. The van der Waals surface area contributed by atoms with Gasteiger partial charge in [0.05, 0.1) is 12.2 Å². The van der Waals surface area contributed by atoms with Crippen molar-refractivity contribution in [1.29, 1.82) is 0 Å². The van der Waals surface area contributed by atoms with Crippen molar-refractivity contribution in [3.05, 3.63) is 35.5 Å². The summed E-state index contributed by atoms with van der Waals surface area (Å²) in [5, 5.41) is 20.2. The molecule has 3 nitrogen and oxygen atoms in total. The number of aliphatic hydroxyl groups is 2. The summed E-state index contributed by atoms with van der Waals surface area (Å²) >= 11 is 0. The molecule has 186 valence electrons. The Balaban J connectivity index is 1.44. The van der Waals surface area contributed by atoms with Gasteiger partial charge in [0.2, 0.25) is 6.43 Å². The molecule has 4 rings (SSSR count). The summed E-state index contributed by atoms with van der Waals surface area (Å²) < 4.78 is 26.5. The largest absolute Gasteiger partial charge is 0.393 e. The van der Waals surface area contributed by atoms with Crippen LogP contribution in [0.5, 0.6) is 0 Å². The van der Waals surface area contributed by atoms with Crippen molar-refractivity contribution in [2.45, 2.75) is 90.3 Å². The van der Waals surface area contributed by atoms with Gasteiger partial charge in [0, 0.05) is 25.4 Å². The van der Waals surface area contributed by atoms with Gasteiger partial charge in [0.25, 0.3) is 0 Å². The molecule has 0 spiro atoms. The molecule has 0 radical (unpaired) electrons. The standard InChI is InChI=1S/C28H43F2NO2/c1-18(16-31-13-5-7-22(17-31)27(29)30)24-10-11-25-20(6-4-12-28(24,25)3)8-9-21-14-23(32)15-26(33)19(21)2/h8-9,18,22-27,32-33H,2,4-7,10-17H2,1,3H3/b20-8+,21-9-/t18-,22+,23-,24-,25+,26+,28-/m1/s1. The Hall–Kier alpha value is -1.04. The quantitative estimate of drug-likeness (QED) is 0.546. The number of hydrogen-bond donors (Lipinski definition) is 2. The van der Waals surface area contributed by atoms with E-state index in [1.54, 1.807) is 0 Å². The van der Waals surface area contributed by atoms with E-state index in [0.29, 0.717) is 43.6 Å². The molecule has 5 heteroatoms. The number of allylic oxidation sites excluding steroid dienone is 3. The highest BCUT2D eigenvalue weighted by Crippen LogP contribution is 2.59. The number of aliphatic hydroxyl groups excluding tert-OH is 2. The van der Waals surface area contributed by atoms with Crippen LogP contribution in [0.1, 0.15) is 71.6 Å². The zero-order chi connectivity index (χ0) is 23.8. The van der Waals surface area contributed by atoms with Crippen LogP contribution in [0.4, 0.5) is 8.78 Å². The maximum atomic E-state index is 13.3. The van der Waals surface area contributed by atoms with Gasteiger partial charge in [-0.25, -0.2) is 8.78 Å². The zero-order valence-electron chi connectivity index (χ0n) is 20.5. The first-order valence-corrected chi connectivity index (χ1v) is 13.1. The molecule has 0 aromatic rings. The molecular formula is C28H43F2NO2. The van der Waals surface area contributed by atoms with E-state index in [1.165, 1.54) is 31.3 Å². The van der Waals surface area contributed by atoms with Crippen LogP contribution in [-0.4, -0.2) is 53.4 Å². The molecule has 2 N–H and O–H groups in total. The average Bonchev–Trinajstić information content (AvgIpc) is 3.13. The summed E-state index contributed by atoms with van der Waals surface area (Å²) in [5.41, 5.74) is 3.49. The highest BCUT2D eigenvalue weighted by atomic mass is 19.3. The van der Waals surface area contributed by atoms with Gasteiger partial charge in [-0.15, -0.1) is 0 Å². The number of nitrogens with zero attached hydrogens (tertiary/aromatic N) is 1. The molecule has 4 fully saturated rings. The number of rotatable bonds is 5. The summed E-state index contributed by atoms with van der Waals surface area (Å²) in [7, 11) is 0. The molecule has 0 amide bonds. The van der Waals surface area contributed by atoms with E-state index >= 15 is 0 Å². The minimum absolute atomic E-state index is 0.266. The summed E-state index contributed by atoms with van der Waals surface area (Å²) in [6, 6.07) is 0. The minimum Gasteiger partial charge on any atom is -0.393 e. The number of hydrogen-bond acceptors (Lipinski definition) is 3. The Morgan fingerprint density at radius 1 is 1.18 bits per heavy atom. The van der Waals surface area contributed by atoms with Crippen molar-refractivity contribution in [2.24, 2.45) is 29.1 Å². The number of alkyl halides is 2. The molecular weight excluding hydrogens is 420 g/mol. The van der Waals surface area contributed by atoms with Gasteiger partial charge in [0.1, 0.15) is 0 Å². The third-order valence-corrected chi connectivity index (χ3v) is 9.43. The van der Waals surface area contributed by atoms with Crippen LogP contribution >= 0.6 is 0 Å². The molecule has 1 aliphatic heterocycles. The third kappa shape index (κ3) is 5.31. The van der Waals surface area contributed by atoms with Crippen LogP contribution in [0.2, 0.25) is 0 Å². The first-order valence-electron chi connectivity index (χ1n) is 13.1. The number of halogens is 2. The highest BCUT2D eigenvalue weighted by molar-refractivity contribution is 5.38. The first kappa shape index (κ1) is 25.1. The van der Waals surface area contributed by atoms with Gasteiger partial charge in [-0.2, -0.15) is 0 Å². The van der Waals surface area contributed by atoms with Crippen LogP contribution in [0.15, 0.2) is 35.5 Å². The fourth-order valence-corrected chi connectivity index (χ4v) is 7.68. The van der Waals surface area contributed by atoms with Gasteiger partial charge in [-0.1, -0.05) is 38.2 Å². The summed E-state index contributed by atoms with van der Waals surface area (Å²) in [5.74, 6) is 1.25. The van der Waals surface area contributed by atoms with E-state index in [0.717, 1.165) is 37.1 Å². The van der Waals surface area contributed by atoms with Crippen molar-refractivity contribution in [1.82, 2.24) is 4.90 Å². The SMILES string of the molecule is C=C1/C(=C\C=C2/CCC[C@]3(C)[C@@H]([C@H](C)CN4CCC[C@H](C(F)F)C4)CC[C@@H]23)C[C@@H](O)C[C@@H]1O. The van der Waals surface area contributed by atoms with Crippen molar-refractivity contribution in [3.8, 4) is 0 Å². The Morgan fingerprint density at radius 3 is 2.73 bits per heavy atom. The Kier molecular flexibility index (Phi) is 7.82. The molecule has 3 aliphatic carbocycles. The summed E-state index contributed by atoms with van der Waals surface area (Å²) in [4.78, 5) is 2.30. The highest BCUT2D eigenvalue weighted by Gasteiger charge is 2.50. The van der Waals surface area contributed by atoms with Crippen molar-refractivity contribution in [2.75, 3.05) is 19.6 Å². The van der Waals surface area contributed by atoms with E-state index in [4.69, 9.17) is 0 Å². The molecule has 1 heterocycles. The van der Waals surface area contributed by atoms with Gasteiger partial charge < -0.3 is 15.1 Å². The first-order chi connectivity index (χ1) is 15.7. The van der Waals surface area contributed by atoms with E-state index in [2.05, 4.69) is 37.5 Å². The lowest BCUT2D eigenvalue weighted by Crippen LogP contribution is -2.44. The molecule has 3 saturated carbocycles. The summed E-state index contributed by atoms with van der Waals surface area (Å²) in [6.07, 6.45) is 9.48. The normalized spacial score (nSPS) is 41.7. The van der Waals surface area contributed by atoms with Crippen LogP contribution in [-0.2, 0) is 0 Å². The minimum atomic E-state index is -2.20. The second-order valence-corrected chi connectivity index (χ2v) is 11.6. The maximum absolute atomic E-state index is 13.3. The Bertz CT molecular complexity index is 778. The Morgan fingerprint density at radius 2 is 1.97 bits per heavy atom. The molecule has 33 heavy (non-hydrogen) atoms. The predicted molar refractivity (Wildman–Crippen MR) is 129 cm³/mol. The van der Waals surface area contributed by atoms with Crippen LogP contribution in [0.3, 0.4) is 0 Å². The zero-order valence-corrected chi connectivity index (χ0v) is 20.5. The van der Waals surface area contributed by atoms with Crippen LogP contribution < -0.4 is 0 Å². The lowest BCUT2D eigenvalue weighted by molar-refractivity contribution is 0.0132. The number of fused-ring (bicyclic) bond motifs is 1. The molecule has 0 unspecified atom stereocenters. The van der Waals surface area contributed by atoms with Crippen molar-refractivity contribution in [3.63, 3.8) is 0 Å². The molecule has 0 bridgehead atoms. The van der Waals surface area contributed by atoms with E-state index in [-0.39, 0.29) is 5.41 Å². The second kappa shape index (κ2) is 10.3. The third-order valence-electron chi connectivity index (χ3n) is 9.43. The van der Waals surface area contributed by atoms with Crippen molar-refractivity contribution >= 4 is 0 Å². The molecule has 0 aromatic carbocycles. The second-order valence-electron chi connectivity index (χ2n) is 11.6. The van der Waals surface area contributed by atoms with Crippen LogP contribution in [0.25, 0.3) is 0 Å². The predicted octanol–water partition coefficient (Wildman–Crippen LogP) is 5.74. The van der Waals surface area contributed by atoms with Crippen molar-refractivity contribution < 1.29 is 19.0 Å². The smallest absolute Gasteiger partial charge is 0.242 e. The molecule has 7 atom stereocenters. The lowest BCUT2D eigenvalue weighted by atomic mass is 9.61. The van der Waals surface area contributed by atoms with Gasteiger partial charge >= 0.3 is 0 Å². The lowest BCUT2D eigenvalue weighted by Gasteiger charge is -2.45. The summed E-state index contributed by atoms with van der Waals surface area (Å²) in [6.45, 7) is 11.3. The fourth-order valence-electron chi connectivity index (χ4n) is 7.68. The number of piperidine rings is 1. The average molecular weight is 464 g/mol. The topological polar surface area (TPSA) is 43.7 Å². The van der Waals surface area contributed by atoms with E-state index in [1.807, 2.05) is 0 Å². The van der Waals surface area contributed by atoms with Gasteiger partial charge in [-0.05, 0) is 92.2 Å². The van der Waals surface area contributed by atoms with E-state index in [9.17, 15) is 19.0 Å². The van der Waals surface area contributed by atoms with Gasteiger partial charge in [-0.3, -0.25) is 0 Å². The van der Waals surface area contributed by atoms with Gasteiger partial charge in [0.15, 0.2) is 0 Å². The monoisotopic (exact) mass is 463 g/mol. The Labute approximate surface area is 198 Å². The fraction of sp³-hybridized carbons (Fsp3) is 0.786. The maximum Gasteiger partial charge on any atom is 0.242 e. The molecule has 4 aliphatic rings. The van der Waals surface area contributed by atoms with E-state index < -0.39 is 24.6 Å².